The van der Waals surface area contributed by atoms with E-state index in [1.54, 1.807) is 6.26 Å². The highest BCUT2D eigenvalue weighted by molar-refractivity contribution is 7.25. The van der Waals surface area contributed by atoms with Crippen LogP contribution in [0.15, 0.2) is 142 Å². The van der Waals surface area contributed by atoms with E-state index in [2.05, 4.69) is 115 Å². The lowest BCUT2D eigenvalue weighted by Crippen LogP contribution is -1.91. The van der Waals surface area contributed by atoms with Crippen LogP contribution >= 0.6 is 11.3 Å². The summed E-state index contributed by atoms with van der Waals surface area (Å²) in [6.07, 6.45) is 1.80. The number of furan rings is 2. The van der Waals surface area contributed by atoms with Gasteiger partial charge >= 0.3 is 0 Å². The maximum atomic E-state index is 6.44. The van der Waals surface area contributed by atoms with Crippen molar-refractivity contribution in [2.24, 2.45) is 0 Å². The first-order chi connectivity index (χ1) is 21.3. The molecule has 200 valence electrons. The first kappa shape index (κ1) is 23.2. The van der Waals surface area contributed by atoms with Crippen LogP contribution in [0.25, 0.3) is 96.9 Å². The lowest BCUT2D eigenvalue weighted by molar-refractivity contribution is 0.616. The van der Waals surface area contributed by atoms with Gasteiger partial charge in [0.2, 0.25) is 0 Å². The summed E-state index contributed by atoms with van der Waals surface area (Å²) in [5, 5.41) is 10.7. The van der Waals surface area contributed by atoms with E-state index in [0.717, 1.165) is 38.5 Å². The molecule has 0 radical (unpaired) electrons. The van der Waals surface area contributed by atoms with Crippen molar-refractivity contribution in [1.82, 2.24) is 0 Å². The van der Waals surface area contributed by atoms with Crippen molar-refractivity contribution < 1.29 is 8.83 Å². The zero-order valence-electron chi connectivity index (χ0n) is 22.9. The molecule has 0 aliphatic carbocycles. The van der Waals surface area contributed by atoms with E-state index in [4.69, 9.17) is 8.83 Å². The SMILES string of the molecule is c1ccc2c(c1)oc1cc(-c3c4ccccc4c(-c4ccc5sc6ccccc6c5c4)c4ccccc34)c3occc3c12. The number of para-hydroxylation sites is 1. The molecule has 0 bridgehead atoms. The highest BCUT2D eigenvalue weighted by Crippen LogP contribution is 2.48. The van der Waals surface area contributed by atoms with Crippen molar-refractivity contribution >= 4 is 86.0 Å². The fourth-order valence-electron chi connectivity index (χ4n) is 7.15. The quantitative estimate of drug-likeness (QED) is 0.195. The molecule has 43 heavy (non-hydrogen) atoms. The van der Waals surface area contributed by atoms with Crippen LogP contribution in [0.4, 0.5) is 0 Å². The molecule has 10 rings (SSSR count). The first-order valence-electron chi connectivity index (χ1n) is 14.5. The molecule has 0 amide bonds. The highest BCUT2D eigenvalue weighted by Gasteiger charge is 2.22. The van der Waals surface area contributed by atoms with E-state index >= 15 is 0 Å². The van der Waals surface area contributed by atoms with Gasteiger partial charge in [0.1, 0.15) is 16.7 Å². The predicted octanol–water partition coefficient (Wildman–Crippen LogP) is 12.3. The summed E-state index contributed by atoms with van der Waals surface area (Å²) in [5.41, 5.74) is 7.34. The van der Waals surface area contributed by atoms with Crippen LogP contribution in [-0.2, 0) is 0 Å². The van der Waals surface area contributed by atoms with Gasteiger partial charge < -0.3 is 8.83 Å². The Morgan fingerprint density at radius 1 is 0.442 bits per heavy atom. The van der Waals surface area contributed by atoms with E-state index in [-0.39, 0.29) is 0 Å². The maximum Gasteiger partial charge on any atom is 0.142 e. The lowest BCUT2D eigenvalue weighted by atomic mass is 9.85. The van der Waals surface area contributed by atoms with E-state index in [1.165, 1.54) is 58.4 Å². The third-order valence-corrected chi connectivity index (χ3v) is 10.1. The molecule has 0 aliphatic heterocycles. The van der Waals surface area contributed by atoms with Gasteiger partial charge in [-0.3, -0.25) is 0 Å². The van der Waals surface area contributed by atoms with Crippen LogP contribution in [0.1, 0.15) is 0 Å². The fourth-order valence-corrected chi connectivity index (χ4v) is 8.24. The summed E-state index contributed by atoms with van der Waals surface area (Å²) in [6, 6.07) is 45.7. The average molecular weight is 567 g/mol. The number of thiophene rings is 1. The molecule has 0 aliphatic rings. The van der Waals surface area contributed by atoms with Gasteiger partial charge in [0.15, 0.2) is 0 Å². The summed E-state index contributed by atoms with van der Waals surface area (Å²) >= 11 is 1.86. The van der Waals surface area contributed by atoms with E-state index < -0.39 is 0 Å². The van der Waals surface area contributed by atoms with Gasteiger partial charge in [0, 0.05) is 47.5 Å². The minimum Gasteiger partial charge on any atom is -0.464 e. The van der Waals surface area contributed by atoms with Gasteiger partial charge in [-0.1, -0.05) is 91.0 Å². The molecule has 7 aromatic carbocycles. The number of hydrogen-bond acceptors (Lipinski definition) is 3. The van der Waals surface area contributed by atoms with Crippen LogP contribution < -0.4 is 0 Å². The molecular weight excluding hydrogens is 545 g/mol. The zero-order chi connectivity index (χ0) is 28.1. The Hall–Kier alpha value is -5.38. The molecule has 0 N–H and O–H groups in total. The first-order valence-corrected chi connectivity index (χ1v) is 15.3. The molecule has 10 aromatic rings. The Morgan fingerprint density at radius 2 is 1.07 bits per heavy atom. The Bertz CT molecular complexity index is 2680. The normalized spacial score (nSPS) is 12.2. The Balaban J connectivity index is 1.34. The highest BCUT2D eigenvalue weighted by atomic mass is 32.1. The van der Waals surface area contributed by atoms with Gasteiger partial charge in [-0.2, -0.15) is 0 Å². The molecule has 3 heteroatoms. The van der Waals surface area contributed by atoms with Gasteiger partial charge in [-0.15, -0.1) is 11.3 Å². The third kappa shape index (κ3) is 3.17. The number of benzene rings is 7. The molecule has 0 fully saturated rings. The number of fused-ring (bicyclic) bond motifs is 10. The molecule has 0 atom stereocenters. The monoisotopic (exact) mass is 566 g/mol. The largest absolute Gasteiger partial charge is 0.464 e. The molecule has 0 saturated carbocycles. The minimum absolute atomic E-state index is 0.872. The van der Waals surface area contributed by atoms with E-state index in [0.29, 0.717) is 0 Å². The van der Waals surface area contributed by atoms with E-state index in [9.17, 15) is 0 Å². The number of rotatable bonds is 2. The lowest BCUT2D eigenvalue weighted by Gasteiger charge is -2.18. The topological polar surface area (TPSA) is 26.3 Å². The second-order valence-corrected chi connectivity index (χ2v) is 12.3. The van der Waals surface area contributed by atoms with Crippen molar-refractivity contribution in [2.45, 2.75) is 0 Å². The van der Waals surface area contributed by atoms with Crippen LogP contribution in [0.5, 0.6) is 0 Å². The van der Waals surface area contributed by atoms with Gasteiger partial charge in [0.05, 0.1) is 6.26 Å². The Morgan fingerprint density at radius 3 is 1.84 bits per heavy atom. The molecule has 0 spiro atoms. The van der Waals surface area contributed by atoms with Crippen molar-refractivity contribution in [1.29, 1.82) is 0 Å². The average Bonchev–Trinajstić information content (AvgIpc) is 3.78. The smallest absolute Gasteiger partial charge is 0.142 e. The second-order valence-electron chi connectivity index (χ2n) is 11.2. The van der Waals surface area contributed by atoms with Crippen molar-refractivity contribution in [3.8, 4) is 22.3 Å². The van der Waals surface area contributed by atoms with Crippen LogP contribution in [-0.4, -0.2) is 0 Å². The van der Waals surface area contributed by atoms with Crippen LogP contribution in [0, 0.1) is 0 Å². The Kier molecular flexibility index (Phi) is 4.63. The van der Waals surface area contributed by atoms with Gasteiger partial charge in [-0.05, 0) is 69.1 Å². The summed E-state index contributed by atoms with van der Waals surface area (Å²) in [5.74, 6) is 0. The van der Waals surface area contributed by atoms with Crippen LogP contribution in [0.3, 0.4) is 0 Å². The third-order valence-electron chi connectivity index (χ3n) is 8.94. The summed E-state index contributed by atoms with van der Waals surface area (Å²) < 4.78 is 15.4. The van der Waals surface area contributed by atoms with Crippen LogP contribution in [0.2, 0.25) is 0 Å². The molecule has 0 saturated heterocycles. The zero-order valence-corrected chi connectivity index (χ0v) is 23.7. The minimum atomic E-state index is 0.872. The van der Waals surface area contributed by atoms with E-state index in [1.807, 2.05) is 23.5 Å². The molecule has 0 unspecified atom stereocenters. The molecule has 2 nitrogen and oxygen atoms in total. The maximum absolute atomic E-state index is 6.44. The second kappa shape index (κ2) is 8.57. The molecule has 3 heterocycles. The van der Waals surface area contributed by atoms with Crippen molar-refractivity contribution in [2.75, 3.05) is 0 Å². The predicted molar refractivity (Wildman–Crippen MR) is 182 cm³/mol. The molecule has 3 aromatic heterocycles. The summed E-state index contributed by atoms with van der Waals surface area (Å²) in [7, 11) is 0. The number of hydrogen-bond donors (Lipinski definition) is 0. The fraction of sp³-hybridized carbons (Fsp3) is 0. The summed E-state index contributed by atoms with van der Waals surface area (Å²) in [4.78, 5) is 0. The standard InChI is InChI=1S/C40H22O2S/c1-3-12-27-25(10-1)37(23-17-18-36-31(21-23)24-9-6-8-16-35(24)43-36)26-11-2-4-13-28(26)38(27)32-22-34-39(30-19-20-41-40(30)32)29-14-5-7-15-33(29)42-34/h1-22H. The van der Waals surface area contributed by atoms with Crippen molar-refractivity contribution in [3.05, 3.63) is 134 Å². The Labute approximate surface area is 250 Å². The van der Waals surface area contributed by atoms with Gasteiger partial charge in [0.25, 0.3) is 0 Å². The van der Waals surface area contributed by atoms with Gasteiger partial charge in [-0.25, -0.2) is 0 Å². The molecular formula is C40H22O2S. The summed E-state index contributed by atoms with van der Waals surface area (Å²) in [6.45, 7) is 0. The van der Waals surface area contributed by atoms with Crippen molar-refractivity contribution in [3.63, 3.8) is 0 Å².